The summed E-state index contributed by atoms with van der Waals surface area (Å²) in [5, 5.41) is 0. The first kappa shape index (κ1) is 11.1. The summed E-state index contributed by atoms with van der Waals surface area (Å²) in [7, 11) is 0. The molecule has 3 fully saturated rings. The number of hydrogen-bond donors (Lipinski definition) is 0. The van der Waals surface area contributed by atoms with Crippen LogP contribution in [-0.2, 0) is 9.59 Å². The van der Waals surface area contributed by atoms with Gasteiger partial charge in [-0.15, -0.1) is 0 Å². The smallest absolute Gasteiger partial charge is 0.246 e. The lowest BCUT2D eigenvalue weighted by atomic mass is 10.0. The molecule has 0 aromatic carbocycles. The lowest BCUT2D eigenvalue weighted by molar-refractivity contribution is -0.159. The van der Waals surface area contributed by atoms with E-state index < -0.39 is 0 Å². The van der Waals surface area contributed by atoms with Crippen LogP contribution in [0.1, 0.15) is 39.0 Å². The van der Waals surface area contributed by atoms with E-state index in [4.69, 9.17) is 0 Å². The van der Waals surface area contributed by atoms with Gasteiger partial charge in [0.2, 0.25) is 11.8 Å². The first-order valence-electron chi connectivity index (χ1n) is 6.83. The second kappa shape index (κ2) is 4.00. The molecule has 0 radical (unpaired) electrons. The summed E-state index contributed by atoms with van der Waals surface area (Å²) in [6.07, 6.45) is 5.05. The van der Waals surface area contributed by atoms with E-state index in [9.17, 15) is 9.59 Å². The maximum Gasteiger partial charge on any atom is 0.246 e. The fourth-order valence-corrected chi connectivity index (χ4v) is 3.15. The number of fused-ring (bicyclic) bond motifs is 1. The Bertz CT molecular complexity index is 351. The number of carbonyl (C=O) groups is 2. The molecule has 0 aromatic rings. The van der Waals surface area contributed by atoms with Crippen LogP contribution in [0.4, 0.5) is 0 Å². The van der Waals surface area contributed by atoms with Crippen LogP contribution in [0.2, 0.25) is 0 Å². The molecule has 4 nitrogen and oxygen atoms in total. The number of rotatable bonds is 3. The average molecular weight is 236 g/mol. The van der Waals surface area contributed by atoms with Gasteiger partial charge in [-0.25, -0.2) is 0 Å². The third-order valence-electron chi connectivity index (χ3n) is 4.30. The van der Waals surface area contributed by atoms with Crippen LogP contribution in [0.5, 0.6) is 0 Å². The molecule has 2 heterocycles. The van der Waals surface area contributed by atoms with Crippen molar-refractivity contribution in [1.29, 1.82) is 0 Å². The number of nitrogens with zero attached hydrogens (tertiary/aromatic N) is 2. The van der Waals surface area contributed by atoms with Crippen LogP contribution < -0.4 is 0 Å². The summed E-state index contributed by atoms with van der Waals surface area (Å²) in [4.78, 5) is 28.4. The molecule has 1 aliphatic carbocycles. The number of carbonyl (C=O) groups excluding carboxylic acids is 2. The van der Waals surface area contributed by atoms with Gasteiger partial charge in [-0.3, -0.25) is 9.59 Å². The van der Waals surface area contributed by atoms with E-state index in [0.29, 0.717) is 5.92 Å². The predicted molar refractivity (Wildman–Crippen MR) is 63.3 cm³/mol. The Morgan fingerprint density at radius 2 is 1.94 bits per heavy atom. The zero-order valence-electron chi connectivity index (χ0n) is 10.4. The molecular formula is C13H20N2O2. The molecule has 1 saturated carbocycles. The Balaban J connectivity index is 1.83. The summed E-state index contributed by atoms with van der Waals surface area (Å²) in [5.41, 5.74) is 0. The maximum absolute atomic E-state index is 12.4. The van der Waals surface area contributed by atoms with Gasteiger partial charge in [-0.1, -0.05) is 6.92 Å². The van der Waals surface area contributed by atoms with Crippen molar-refractivity contribution in [2.24, 2.45) is 5.92 Å². The lowest BCUT2D eigenvalue weighted by Crippen LogP contribution is -2.62. The summed E-state index contributed by atoms with van der Waals surface area (Å²) >= 11 is 0. The quantitative estimate of drug-likeness (QED) is 0.733. The molecule has 2 aliphatic heterocycles. The molecule has 3 rings (SSSR count). The van der Waals surface area contributed by atoms with Crippen LogP contribution >= 0.6 is 0 Å². The summed E-state index contributed by atoms with van der Waals surface area (Å²) < 4.78 is 0. The van der Waals surface area contributed by atoms with Crippen LogP contribution in [0, 0.1) is 5.92 Å². The average Bonchev–Trinajstić information content (AvgIpc) is 2.99. The molecule has 0 aromatic heterocycles. The molecule has 17 heavy (non-hydrogen) atoms. The van der Waals surface area contributed by atoms with Crippen molar-refractivity contribution in [3.05, 3.63) is 0 Å². The molecule has 94 valence electrons. The highest BCUT2D eigenvalue weighted by Crippen LogP contribution is 2.34. The highest BCUT2D eigenvalue weighted by Gasteiger charge is 2.47. The van der Waals surface area contributed by atoms with Gasteiger partial charge in [0.25, 0.3) is 0 Å². The van der Waals surface area contributed by atoms with E-state index in [-0.39, 0.29) is 23.9 Å². The minimum absolute atomic E-state index is 0.135. The van der Waals surface area contributed by atoms with Gasteiger partial charge in [-0.2, -0.15) is 0 Å². The van der Waals surface area contributed by atoms with E-state index in [2.05, 4.69) is 0 Å². The number of amides is 2. The van der Waals surface area contributed by atoms with E-state index in [1.165, 1.54) is 12.8 Å². The molecule has 3 aliphatic rings. The van der Waals surface area contributed by atoms with Crippen LogP contribution in [0.25, 0.3) is 0 Å². The molecule has 2 unspecified atom stereocenters. The molecule has 0 bridgehead atoms. The Kier molecular flexibility index (Phi) is 2.60. The minimum Gasteiger partial charge on any atom is -0.329 e. The summed E-state index contributed by atoms with van der Waals surface area (Å²) in [5.74, 6) is 1.06. The Morgan fingerprint density at radius 3 is 2.59 bits per heavy atom. The standard InChI is InChI=1S/C13H20N2O2/c1-2-10-12(16)14-7-3-4-11(14)13(17)15(10)8-9-5-6-9/h9-11H,2-8H2,1H3. The van der Waals surface area contributed by atoms with Crippen LogP contribution in [-0.4, -0.2) is 46.8 Å². The fourth-order valence-electron chi connectivity index (χ4n) is 3.15. The third-order valence-corrected chi connectivity index (χ3v) is 4.30. The molecule has 2 atom stereocenters. The van der Waals surface area contributed by atoms with Crippen LogP contribution in [0.3, 0.4) is 0 Å². The van der Waals surface area contributed by atoms with Crippen molar-refractivity contribution in [3.8, 4) is 0 Å². The Hall–Kier alpha value is -1.06. The van der Waals surface area contributed by atoms with Crippen molar-refractivity contribution >= 4 is 11.8 Å². The van der Waals surface area contributed by atoms with Crippen molar-refractivity contribution in [2.75, 3.05) is 13.1 Å². The van der Waals surface area contributed by atoms with E-state index in [1.54, 1.807) is 0 Å². The van der Waals surface area contributed by atoms with Gasteiger partial charge in [0.05, 0.1) is 0 Å². The zero-order chi connectivity index (χ0) is 12.0. The van der Waals surface area contributed by atoms with Crippen LogP contribution in [0.15, 0.2) is 0 Å². The van der Waals surface area contributed by atoms with Gasteiger partial charge < -0.3 is 9.80 Å². The first-order chi connectivity index (χ1) is 8.22. The van der Waals surface area contributed by atoms with Gasteiger partial charge >= 0.3 is 0 Å². The summed E-state index contributed by atoms with van der Waals surface area (Å²) in [6, 6.07) is -0.318. The topological polar surface area (TPSA) is 40.6 Å². The van der Waals surface area contributed by atoms with Crippen molar-refractivity contribution < 1.29 is 9.59 Å². The van der Waals surface area contributed by atoms with Gasteiger partial charge in [0.15, 0.2) is 0 Å². The predicted octanol–water partition coefficient (Wildman–Crippen LogP) is 1.01. The van der Waals surface area contributed by atoms with E-state index in [1.807, 2.05) is 16.7 Å². The number of hydrogen-bond acceptors (Lipinski definition) is 2. The molecule has 4 heteroatoms. The highest BCUT2D eigenvalue weighted by atomic mass is 16.2. The van der Waals surface area contributed by atoms with Gasteiger partial charge in [0, 0.05) is 13.1 Å². The third kappa shape index (κ3) is 1.74. The monoisotopic (exact) mass is 236 g/mol. The maximum atomic E-state index is 12.4. The fraction of sp³-hybridized carbons (Fsp3) is 0.846. The van der Waals surface area contributed by atoms with Crippen molar-refractivity contribution in [2.45, 2.75) is 51.1 Å². The molecule has 0 spiro atoms. The second-order valence-corrected chi connectivity index (χ2v) is 5.55. The lowest BCUT2D eigenvalue weighted by Gasteiger charge is -2.42. The largest absolute Gasteiger partial charge is 0.329 e. The summed E-state index contributed by atoms with van der Waals surface area (Å²) in [6.45, 7) is 3.60. The first-order valence-corrected chi connectivity index (χ1v) is 6.83. The highest BCUT2D eigenvalue weighted by molar-refractivity contribution is 5.97. The SMILES string of the molecule is CCC1C(=O)N2CCCC2C(=O)N1CC1CC1. The minimum atomic E-state index is -0.183. The Morgan fingerprint density at radius 1 is 1.18 bits per heavy atom. The van der Waals surface area contributed by atoms with Gasteiger partial charge in [-0.05, 0) is 38.0 Å². The normalized spacial score (nSPS) is 33.2. The van der Waals surface area contributed by atoms with Crippen molar-refractivity contribution in [1.82, 2.24) is 9.80 Å². The van der Waals surface area contributed by atoms with E-state index >= 15 is 0 Å². The molecule has 0 N–H and O–H groups in total. The van der Waals surface area contributed by atoms with E-state index in [0.717, 1.165) is 32.4 Å². The number of piperazine rings is 1. The Labute approximate surface area is 102 Å². The van der Waals surface area contributed by atoms with Crippen molar-refractivity contribution in [3.63, 3.8) is 0 Å². The zero-order valence-corrected chi connectivity index (χ0v) is 10.4. The van der Waals surface area contributed by atoms with Gasteiger partial charge in [0.1, 0.15) is 12.1 Å². The second-order valence-electron chi connectivity index (χ2n) is 5.55. The molecular weight excluding hydrogens is 216 g/mol. The molecule has 2 amide bonds. The molecule has 2 saturated heterocycles.